The third-order valence-electron chi connectivity index (χ3n) is 10.2. The number of nitrogens with zero attached hydrogens (tertiary/aromatic N) is 5. The number of thiazole rings is 1. The maximum absolute atomic E-state index is 14.6. The highest BCUT2D eigenvalue weighted by Gasteiger charge is 2.61. The van der Waals surface area contributed by atoms with Crippen LogP contribution < -0.4 is 25.4 Å². The number of carboxylic acid groups (broad SMARTS) is 1. The molecule has 16 heteroatoms. The largest absolute Gasteiger partial charge is 0.497 e. The summed E-state index contributed by atoms with van der Waals surface area (Å²) in [5.74, 6) is -1.20. The van der Waals surface area contributed by atoms with E-state index in [1.807, 2.05) is 41.8 Å². The van der Waals surface area contributed by atoms with Gasteiger partial charge in [0.05, 0.1) is 20.3 Å². The molecule has 3 aliphatic rings. The SMILES string of the molecule is COc1ccc(NC(=O)N[C@@H]2CCCCC/C=C\[C@H]3C[C@]3(C(=O)O)NC(=O)[C@@H]3CC(n4nc(-c5ccc(OC)cc5)c(-c5nccs5)n4)CN3C2=O)cc1. The molecule has 4 N–H and O–H groups in total. The van der Waals surface area contributed by atoms with Gasteiger partial charge in [-0.2, -0.15) is 9.90 Å². The standard InChI is InChI=1S/C38H42N8O7S/c1-52-27-14-10-23(11-15-27)31-32(34-39-18-19-54-34)44-46(43-31)26-20-30-33(47)42-38(36(49)50)21-24(38)8-6-4-3-5-7-9-29(35(48)45(30)22-26)41-37(51)40-25-12-16-28(53-2)17-13-25/h6,8,10-19,24,26,29-30H,3-5,7,9,20-22H2,1-2H3,(H,42,47)(H,49,50)(H2,40,41,51)/b8-6-/t24-,26?,29+,30-,38-/m0/s1. The molecule has 2 fully saturated rings. The lowest BCUT2D eigenvalue weighted by atomic mass is 10.0. The van der Waals surface area contributed by atoms with Crippen LogP contribution in [0.5, 0.6) is 11.5 Å². The molecule has 282 valence electrons. The number of urea groups is 1. The molecule has 1 saturated carbocycles. The van der Waals surface area contributed by atoms with Gasteiger partial charge < -0.3 is 35.4 Å². The van der Waals surface area contributed by atoms with E-state index in [1.165, 1.54) is 21.0 Å². The van der Waals surface area contributed by atoms with Crippen LogP contribution in [0, 0.1) is 5.92 Å². The minimum Gasteiger partial charge on any atom is -0.497 e. The fraction of sp³-hybridized carbons (Fsp3) is 0.395. The Morgan fingerprint density at radius 1 is 0.981 bits per heavy atom. The zero-order valence-corrected chi connectivity index (χ0v) is 30.8. The van der Waals surface area contributed by atoms with E-state index in [9.17, 15) is 24.3 Å². The second-order valence-corrected chi connectivity index (χ2v) is 14.6. The molecular formula is C38H42N8O7S. The van der Waals surface area contributed by atoms with Crippen LogP contribution in [0.1, 0.15) is 51.0 Å². The van der Waals surface area contributed by atoms with Crippen LogP contribution in [0.15, 0.2) is 72.3 Å². The number of anilines is 1. The van der Waals surface area contributed by atoms with Crippen LogP contribution >= 0.6 is 11.3 Å². The van der Waals surface area contributed by atoms with Crippen molar-refractivity contribution in [1.29, 1.82) is 0 Å². The molecule has 2 aromatic heterocycles. The smallest absolute Gasteiger partial charge is 0.330 e. The van der Waals surface area contributed by atoms with Gasteiger partial charge >= 0.3 is 12.0 Å². The lowest BCUT2D eigenvalue weighted by molar-refractivity contribution is -0.145. The van der Waals surface area contributed by atoms with E-state index < -0.39 is 47.5 Å². The second kappa shape index (κ2) is 15.7. The number of nitrogens with one attached hydrogen (secondary N) is 3. The van der Waals surface area contributed by atoms with Gasteiger partial charge in [-0.05, 0) is 74.2 Å². The number of aromatic nitrogens is 4. The summed E-state index contributed by atoms with van der Waals surface area (Å²) in [6.45, 7) is 0.0483. The van der Waals surface area contributed by atoms with Gasteiger partial charge in [0.1, 0.15) is 45.5 Å². The van der Waals surface area contributed by atoms with Crippen LogP contribution in [-0.4, -0.2) is 92.2 Å². The van der Waals surface area contributed by atoms with Gasteiger partial charge in [-0.25, -0.2) is 14.6 Å². The van der Waals surface area contributed by atoms with Gasteiger partial charge in [0.25, 0.3) is 0 Å². The van der Waals surface area contributed by atoms with Gasteiger partial charge in [-0.15, -0.1) is 16.4 Å². The Hall–Kier alpha value is -5.77. The number of allylic oxidation sites excluding steroid dienone is 1. The third kappa shape index (κ3) is 7.64. The molecule has 4 amide bonds. The summed E-state index contributed by atoms with van der Waals surface area (Å²) in [6.07, 6.45) is 9.23. The highest BCUT2D eigenvalue weighted by Crippen LogP contribution is 2.46. The summed E-state index contributed by atoms with van der Waals surface area (Å²) >= 11 is 1.41. The number of carbonyl (C=O) groups is 4. The molecule has 0 radical (unpaired) electrons. The molecule has 2 aliphatic heterocycles. The fourth-order valence-electron chi connectivity index (χ4n) is 7.16. The monoisotopic (exact) mass is 754 g/mol. The number of hydrogen-bond acceptors (Lipinski definition) is 10. The normalized spacial score (nSPS) is 24.9. The molecule has 7 rings (SSSR count). The maximum atomic E-state index is 14.6. The quantitative estimate of drug-likeness (QED) is 0.180. The molecular weight excluding hydrogens is 713 g/mol. The number of carbonyl (C=O) groups excluding carboxylic acids is 3. The molecule has 5 atom stereocenters. The van der Waals surface area contributed by atoms with Crippen molar-refractivity contribution in [3.63, 3.8) is 0 Å². The summed E-state index contributed by atoms with van der Waals surface area (Å²) in [5, 5.41) is 31.0. The van der Waals surface area contributed by atoms with Crippen LogP contribution in [0.4, 0.5) is 10.5 Å². The Morgan fingerprint density at radius 2 is 1.70 bits per heavy atom. The van der Waals surface area contributed by atoms with Gasteiger partial charge in [0.15, 0.2) is 0 Å². The van der Waals surface area contributed by atoms with E-state index in [1.54, 1.807) is 44.7 Å². The lowest BCUT2D eigenvalue weighted by Crippen LogP contribution is -2.56. The molecule has 1 saturated heterocycles. The van der Waals surface area contributed by atoms with Gasteiger partial charge in [-0.3, -0.25) is 9.59 Å². The predicted octanol–water partition coefficient (Wildman–Crippen LogP) is 4.90. The molecule has 1 unspecified atom stereocenters. The number of methoxy groups -OCH3 is 2. The van der Waals surface area contributed by atoms with E-state index in [2.05, 4.69) is 20.9 Å². The van der Waals surface area contributed by atoms with E-state index in [4.69, 9.17) is 19.7 Å². The van der Waals surface area contributed by atoms with Crippen molar-refractivity contribution in [3.8, 4) is 33.5 Å². The molecule has 4 heterocycles. The predicted molar refractivity (Wildman–Crippen MR) is 200 cm³/mol. The number of ether oxygens (including phenoxy) is 2. The lowest BCUT2D eigenvalue weighted by Gasteiger charge is -2.29. The number of carboxylic acids is 1. The number of amides is 4. The van der Waals surface area contributed by atoms with Crippen LogP contribution in [0.3, 0.4) is 0 Å². The van der Waals surface area contributed by atoms with Crippen molar-refractivity contribution in [2.75, 3.05) is 26.1 Å². The Bertz CT molecular complexity index is 2020. The Balaban J connectivity index is 1.21. The number of fused-ring (bicyclic) bond motifs is 2. The van der Waals surface area contributed by atoms with Gasteiger partial charge in [0.2, 0.25) is 11.8 Å². The molecule has 1 aliphatic carbocycles. The highest BCUT2D eigenvalue weighted by molar-refractivity contribution is 7.13. The van der Waals surface area contributed by atoms with Crippen LogP contribution in [-0.2, 0) is 14.4 Å². The molecule has 0 bridgehead atoms. The number of hydrogen-bond donors (Lipinski definition) is 4. The molecule has 15 nitrogen and oxygen atoms in total. The van der Waals surface area contributed by atoms with Crippen molar-refractivity contribution >= 4 is 40.8 Å². The Labute approximate surface area is 315 Å². The van der Waals surface area contributed by atoms with Crippen LogP contribution in [0.2, 0.25) is 0 Å². The van der Waals surface area contributed by atoms with Crippen molar-refractivity contribution in [3.05, 3.63) is 72.3 Å². The first-order valence-corrected chi connectivity index (χ1v) is 18.8. The molecule has 4 aromatic rings. The zero-order chi connectivity index (χ0) is 37.8. The third-order valence-corrected chi connectivity index (χ3v) is 11.0. The first kappa shape index (κ1) is 36.6. The van der Waals surface area contributed by atoms with E-state index in [0.717, 1.165) is 24.8 Å². The van der Waals surface area contributed by atoms with Crippen molar-refractivity contribution in [2.24, 2.45) is 5.92 Å². The maximum Gasteiger partial charge on any atom is 0.330 e. The Kier molecular flexibility index (Phi) is 10.6. The average Bonchev–Trinajstić information content (AvgIpc) is 3.63. The fourth-order valence-corrected chi connectivity index (χ4v) is 7.78. The summed E-state index contributed by atoms with van der Waals surface area (Å²) in [4.78, 5) is 62.1. The van der Waals surface area contributed by atoms with E-state index >= 15 is 0 Å². The minimum absolute atomic E-state index is 0.0483. The molecule has 54 heavy (non-hydrogen) atoms. The van der Waals surface area contributed by atoms with Gasteiger partial charge in [-0.1, -0.05) is 25.0 Å². The zero-order valence-electron chi connectivity index (χ0n) is 29.9. The topological polar surface area (TPSA) is 190 Å². The first-order chi connectivity index (χ1) is 26.2. The summed E-state index contributed by atoms with van der Waals surface area (Å²) in [5.41, 5.74) is 0.939. The van der Waals surface area contributed by atoms with Crippen molar-refractivity contribution in [1.82, 2.24) is 35.5 Å². The second-order valence-electron chi connectivity index (χ2n) is 13.7. The number of benzene rings is 2. The van der Waals surface area contributed by atoms with E-state index in [0.29, 0.717) is 46.4 Å². The molecule has 0 spiro atoms. The average molecular weight is 755 g/mol. The minimum atomic E-state index is -1.46. The highest BCUT2D eigenvalue weighted by atomic mass is 32.1. The Morgan fingerprint density at radius 3 is 2.39 bits per heavy atom. The van der Waals surface area contributed by atoms with Crippen molar-refractivity contribution < 1.29 is 33.8 Å². The summed E-state index contributed by atoms with van der Waals surface area (Å²) in [6, 6.07) is 11.1. The van der Waals surface area contributed by atoms with Gasteiger partial charge in [0, 0.05) is 41.7 Å². The number of rotatable bonds is 8. The van der Waals surface area contributed by atoms with Crippen molar-refractivity contribution in [2.45, 2.75) is 68.6 Å². The van der Waals surface area contributed by atoms with E-state index in [-0.39, 0.29) is 25.3 Å². The number of aliphatic carboxylic acids is 1. The first-order valence-electron chi connectivity index (χ1n) is 17.9. The van der Waals surface area contributed by atoms with Crippen LogP contribution in [0.25, 0.3) is 22.0 Å². The molecule has 2 aromatic carbocycles. The summed E-state index contributed by atoms with van der Waals surface area (Å²) < 4.78 is 10.6. The summed E-state index contributed by atoms with van der Waals surface area (Å²) in [7, 11) is 3.14.